The van der Waals surface area contributed by atoms with Crippen LogP contribution in [0.4, 0.5) is 0 Å². The van der Waals surface area contributed by atoms with Crippen LogP contribution in [0.25, 0.3) is 0 Å². The molecule has 1 aliphatic heterocycles. The van der Waals surface area contributed by atoms with Gasteiger partial charge in [0, 0.05) is 31.9 Å². The van der Waals surface area contributed by atoms with Gasteiger partial charge in [0.1, 0.15) is 5.54 Å². The number of aryl methyl sites for hydroxylation is 1. The molecule has 0 bridgehead atoms. The third-order valence-corrected chi connectivity index (χ3v) is 5.56. The van der Waals surface area contributed by atoms with Crippen LogP contribution in [0, 0.1) is 0 Å². The predicted octanol–water partition coefficient (Wildman–Crippen LogP) is 2.02. The van der Waals surface area contributed by atoms with E-state index in [0.717, 1.165) is 64.0 Å². The number of ether oxygens (including phenoxy) is 1. The van der Waals surface area contributed by atoms with Gasteiger partial charge in [-0.15, -0.1) is 0 Å². The van der Waals surface area contributed by atoms with Crippen molar-refractivity contribution in [3.8, 4) is 0 Å². The Morgan fingerprint density at radius 2 is 2.04 bits per heavy atom. The second kappa shape index (κ2) is 7.66. The smallest absolute Gasteiger partial charge is 0.241 e. The molecular formula is C18H30N4O2. The topological polar surface area (TPSA) is 59.4 Å². The van der Waals surface area contributed by atoms with Gasteiger partial charge >= 0.3 is 0 Å². The number of rotatable bonds is 5. The lowest BCUT2D eigenvalue weighted by atomic mass is 9.79. The Labute approximate surface area is 144 Å². The van der Waals surface area contributed by atoms with Crippen molar-refractivity contribution < 1.29 is 9.53 Å². The highest BCUT2D eigenvalue weighted by Gasteiger charge is 2.45. The summed E-state index contributed by atoms with van der Waals surface area (Å²) in [4.78, 5) is 15.7. The van der Waals surface area contributed by atoms with Crippen molar-refractivity contribution in [2.45, 2.75) is 57.0 Å². The van der Waals surface area contributed by atoms with Crippen LogP contribution >= 0.6 is 0 Å². The zero-order valence-corrected chi connectivity index (χ0v) is 15.0. The molecule has 0 unspecified atom stereocenters. The van der Waals surface area contributed by atoms with E-state index in [4.69, 9.17) is 4.74 Å². The molecule has 1 saturated heterocycles. The first-order valence-electron chi connectivity index (χ1n) is 9.28. The highest BCUT2D eigenvalue weighted by Crippen LogP contribution is 2.35. The second-order valence-corrected chi connectivity index (χ2v) is 7.07. The monoisotopic (exact) mass is 334 g/mol. The number of nitrogens with one attached hydrogen (secondary N) is 1. The molecule has 0 aromatic carbocycles. The van der Waals surface area contributed by atoms with Crippen LogP contribution < -0.4 is 5.32 Å². The van der Waals surface area contributed by atoms with Crippen molar-refractivity contribution in [2.24, 2.45) is 7.05 Å². The zero-order valence-electron chi connectivity index (χ0n) is 15.0. The number of hydrogen-bond donors (Lipinski definition) is 1. The Bertz CT molecular complexity index is 545. The highest BCUT2D eigenvalue weighted by atomic mass is 16.5. The average molecular weight is 334 g/mol. The van der Waals surface area contributed by atoms with E-state index in [2.05, 4.69) is 22.2 Å². The van der Waals surface area contributed by atoms with Crippen molar-refractivity contribution in [2.75, 3.05) is 26.3 Å². The van der Waals surface area contributed by atoms with Gasteiger partial charge in [0.15, 0.2) is 0 Å². The van der Waals surface area contributed by atoms with Gasteiger partial charge in [-0.1, -0.05) is 26.2 Å². The molecule has 1 aliphatic carbocycles. The van der Waals surface area contributed by atoms with Gasteiger partial charge in [-0.05, 0) is 19.3 Å². The van der Waals surface area contributed by atoms with Crippen LogP contribution in [0.2, 0.25) is 0 Å². The maximum absolute atomic E-state index is 13.3. The first-order valence-corrected chi connectivity index (χ1v) is 9.28. The normalized spacial score (nSPS) is 22.9. The molecule has 6 heteroatoms. The number of amides is 1. The Morgan fingerprint density at radius 3 is 2.62 bits per heavy atom. The van der Waals surface area contributed by atoms with Gasteiger partial charge in [0.25, 0.3) is 0 Å². The van der Waals surface area contributed by atoms with Crippen molar-refractivity contribution in [1.82, 2.24) is 20.0 Å². The SMILES string of the molecule is CC[C@@H](NC(=O)C1(N2CCOCC2)CCCCC1)c1cnn(C)c1. The highest BCUT2D eigenvalue weighted by molar-refractivity contribution is 5.86. The minimum absolute atomic E-state index is 0.0334. The number of aromatic nitrogens is 2. The van der Waals surface area contributed by atoms with Crippen molar-refractivity contribution in [3.63, 3.8) is 0 Å². The summed E-state index contributed by atoms with van der Waals surface area (Å²) in [5, 5.41) is 7.58. The molecular weight excluding hydrogens is 304 g/mol. The molecule has 1 saturated carbocycles. The van der Waals surface area contributed by atoms with E-state index in [-0.39, 0.29) is 17.5 Å². The van der Waals surface area contributed by atoms with Crippen LogP contribution in [0.3, 0.4) is 0 Å². The van der Waals surface area contributed by atoms with E-state index in [1.807, 2.05) is 19.4 Å². The second-order valence-electron chi connectivity index (χ2n) is 7.07. The molecule has 0 radical (unpaired) electrons. The molecule has 1 atom stereocenters. The van der Waals surface area contributed by atoms with Crippen LogP contribution in [0.5, 0.6) is 0 Å². The first kappa shape index (κ1) is 17.4. The summed E-state index contributed by atoms with van der Waals surface area (Å²) in [7, 11) is 1.91. The van der Waals surface area contributed by atoms with E-state index < -0.39 is 0 Å². The Kier molecular flexibility index (Phi) is 5.56. The molecule has 6 nitrogen and oxygen atoms in total. The molecule has 2 aliphatic rings. The van der Waals surface area contributed by atoms with Crippen LogP contribution in [-0.2, 0) is 16.6 Å². The van der Waals surface area contributed by atoms with Gasteiger partial charge in [0.05, 0.1) is 25.5 Å². The fourth-order valence-electron chi connectivity index (χ4n) is 4.15. The first-order chi connectivity index (χ1) is 11.7. The average Bonchev–Trinajstić information content (AvgIpc) is 3.07. The molecule has 1 amide bonds. The fraction of sp³-hybridized carbons (Fsp3) is 0.778. The van der Waals surface area contributed by atoms with Gasteiger partial charge < -0.3 is 10.1 Å². The van der Waals surface area contributed by atoms with Gasteiger partial charge in [-0.25, -0.2) is 0 Å². The molecule has 1 aromatic rings. The van der Waals surface area contributed by atoms with E-state index in [9.17, 15) is 4.79 Å². The molecule has 1 N–H and O–H groups in total. The maximum atomic E-state index is 13.3. The number of carbonyl (C=O) groups is 1. The minimum Gasteiger partial charge on any atom is -0.379 e. The van der Waals surface area contributed by atoms with Crippen LogP contribution in [0.15, 0.2) is 12.4 Å². The molecule has 134 valence electrons. The molecule has 0 spiro atoms. The van der Waals surface area contributed by atoms with E-state index in [0.29, 0.717) is 0 Å². The van der Waals surface area contributed by atoms with Crippen molar-refractivity contribution in [3.05, 3.63) is 18.0 Å². The number of nitrogens with zero attached hydrogens (tertiary/aromatic N) is 3. The lowest BCUT2D eigenvalue weighted by Crippen LogP contribution is -2.62. The quantitative estimate of drug-likeness (QED) is 0.895. The summed E-state index contributed by atoms with van der Waals surface area (Å²) in [6, 6.07) is 0.0334. The third kappa shape index (κ3) is 3.49. The lowest BCUT2D eigenvalue weighted by Gasteiger charge is -2.47. The third-order valence-electron chi connectivity index (χ3n) is 5.56. The predicted molar refractivity (Wildman–Crippen MR) is 92.6 cm³/mol. The molecule has 1 aromatic heterocycles. The molecule has 24 heavy (non-hydrogen) atoms. The molecule has 2 fully saturated rings. The van der Waals surface area contributed by atoms with Crippen molar-refractivity contribution in [1.29, 1.82) is 0 Å². The van der Waals surface area contributed by atoms with Crippen molar-refractivity contribution >= 4 is 5.91 Å². The Balaban J connectivity index is 1.77. The fourth-order valence-corrected chi connectivity index (χ4v) is 4.15. The number of hydrogen-bond acceptors (Lipinski definition) is 4. The summed E-state index contributed by atoms with van der Waals surface area (Å²) in [6.07, 6.45) is 10.1. The molecule has 2 heterocycles. The van der Waals surface area contributed by atoms with Gasteiger partial charge in [-0.2, -0.15) is 5.10 Å². The standard InChI is InChI=1S/C18H30N4O2/c1-3-16(15-13-19-21(2)14-15)20-17(23)18(7-5-4-6-8-18)22-9-11-24-12-10-22/h13-14,16H,3-12H2,1-2H3,(H,20,23)/t16-/m1/s1. The Hall–Kier alpha value is -1.40. The maximum Gasteiger partial charge on any atom is 0.241 e. The number of carbonyl (C=O) groups excluding carboxylic acids is 1. The summed E-state index contributed by atoms with van der Waals surface area (Å²) in [5.74, 6) is 0.194. The minimum atomic E-state index is -0.350. The number of morpholine rings is 1. The van der Waals surface area contributed by atoms with Crippen LogP contribution in [0.1, 0.15) is 57.1 Å². The lowest BCUT2D eigenvalue weighted by molar-refractivity contribution is -0.141. The summed E-state index contributed by atoms with van der Waals surface area (Å²) in [6.45, 7) is 5.29. The summed E-state index contributed by atoms with van der Waals surface area (Å²) >= 11 is 0. The molecule has 3 rings (SSSR count). The summed E-state index contributed by atoms with van der Waals surface area (Å²) in [5.41, 5.74) is 0.735. The van der Waals surface area contributed by atoms with Crippen LogP contribution in [-0.4, -0.2) is 52.4 Å². The van der Waals surface area contributed by atoms with Gasteiger partial charge in [-0.3, -0.25) is 14.4 Å². The van der Waals surface area contributed by atoms with E-state index >= 15 is 0 Å². The van der Waals surface area contributed by atoms with Gasteiger partial charge in [0.2, 0.25) is 5.91 Å². The largest absolute Gasteiger partial charge is 0.379 e. The summed E-state index contributed by atoms with van der Waals surface area (Å²) < 4.78 is 7.30. The van der Waals surface area contributed by atoms with E-state index in [1.165, 1.54) is 6.42 Å². The van der Waals surface area contributed by atoms with E-state index in [1.54, 1.807) is 4.68 Å². The zero-order chi connectivity index (χ0) is 17.0. The Morgan fingerprint density at radius 1 is 1.33 bits per heavy atom.